The van der Waals surface area contributed by atoms with E-state index in [1.807, 2.05) is 93.6 Å². The second kappa shape index (κ2) is 12.1. The smallest absolute Gasteiger partial charge is 0.365 e. The van der Waals surface area contributed by atoms with Crippen molar-refractivity contribution in [2.24, 2.45) is 5.41 Å². The van der Waals surface area contributed by atoms with Gasteiger partial charge in [-0.1, -0.05) is 128 Å². The van der Waals surface area contributed by atoms with Gasteiger partial charge in [0.25, 0.3) is 0 Å². The van der Waals surface area contributed by atoms with Crippen molar-refractivity contribution in [1.29, 1.82) is 0 Å². The maximum absolute atomic E-state index is 14.6. The normalized spacial score (nSPS) is 20.5. The fraction of sp³-hybridized carbons (Fsp3) is 0.235. The number of rotatable bonds is 6. The topological polar surface area (TPSA) is 56.8 Å². The molecule has 5 nitrogen and oxygen atoms in total. The number of hydrogen-bond donors (Lipinski definition) is 1. The Balaban J connectivity index is 1.52. The zero-order valence-electron chi connectivity index (χ0n) is 24.3. The Labute approximate surface area is 263 Å². The third-order valence-corrected chi connectivity index (χ3v) is 14.2. The van der Waals surface area contributed by atoms with Crippen molar-refractivity contribution in [3.8, 4) is 5.75 Å². The lowest BCUT2D eigenvalue weighted by molar-refractivity contribution is 0.0465. The second-order valence-electron chi connectivity index (χ2n) is 11.8. The molecule has 4 aromatic rings. The number of halogens is 1. The molecule has 0 bridgehead atoms. The lowest BCUT2D eigenvalue weighted by Gasteiger charge is -2.38. The first-order valence-electron chi connectivity index (χ1n) is 14.2. The Kier molecular flexibility index (Phi) is 8.58. The minimum absolute atomic E-state index is 0.254. The summed E-state index contributed by atoms with van der Waals surface area (Å²) in [5.41, 5.74) is 2.47. The molecule has 1 unspecified atom stereocenters. The van der Waals surface area contributed by atoms with Crippen LogP contribution in [0.25, 0.3) is 5.31 Å². The quantitative estimate of drug-likeness (QED) is 0.211. The largest absolute Gasteiger partial charge is 0.460 e. The van der Waals surface area contributed by atoms with Crippen LogP contribution in [0.2, 0.25) is 5.02 Å². The zero-order valence-corrected chi connectivity index (χ0v) is 27.7. The molecule has 0 radical (unpaired) electrons. The number of fused-ring (bicyclic) bond motifs is 1. The number of benzene rings is 4. The monoisotopic (exact) mass is 649 g/mol. The maximum Gasteiger partial charge on any atom is 0.365 e. The summed E-state index contributed by atoms with van der Waals surface area (Å²) in [6, 6.07) is 33.5. The first-order valence-corrected chi connectivity index (χ1v) is 18.9. The van der Waals surface area contributed by atoms with Gasteiger partial charge in [-0.2, -0.15) is 0 Å². The molecule has 0 aromatic heterocycles. The summed E-state index contributed by atoms with van der Waals surface area (Å²) in [4.78, 5) is 0. The Morgan fingerprint density at radius 2 is 1.49 bits per heavy atom. The van der Waals surface area contributed by atoms with Crippen molar-refractivity contribution in [3.05, 3.63) is 131 Å². The predicted molar refractivity (Wildman–Crippen MR) is 180 cm³/mol. The number of aryl methyl sites for hydroxylation is 1. The van der Waals surface area contributed by atoms with Gasteiger partial charge in [0.15, 0.2) is 0 Å². The molecule has 43 heavy (non-hydrogen) atoms. The van der Waals surface area contributed by atoms with Gasteiger partial charge < -0.3 is 13.8 Å². The van der Waals surface area contributed by atoms with Crippen molar-refractivity contribution in [1.82, 2.24) is 5.09 Å². The molecular formula is C34H34ClNO4P2S. The highest BCUT2D eigenvalue weighted by atomic mass is 35.5. The van der Waals surface area contributed by atoms with E-state index in [2.05, 4.69) is 29.4 Å². The molecular weight excluding hydrogens is 616 g/mol. The summed E-state index contributed by atoms with van der Waals surface area (Å²) in [6.07, 6.45) is -2.16. The van der Waals surface area contributed by atoms with Crippen molar-refractivity contribution >= 4 is 53.1 Å². The molecule has 0 aliphatic carbocycles. The van der Waals surface area contributed by atoms with Crippen LogP contribution in [0.5, 0.6) is 5.75 Å². The summed E-state index contributed by atoms with van der Waals surface area (Å²) in [5, 5.41) is 7.04. The third-order valence-electron chi connectivity index (χ3n) is 7.66. The van der Waals surface area contributed by atoms with E-state index >= 15 is 0 Å². The molecule has 0 spiro atoms. The lowest BCUT2D eigenvalue weighted by Crippen LogP contribution is -2.33. The van der Waals surface area contributed by atoms with Crippen LogP contribution in [0.4, 0.5) is 0 Å². The van der Waals surface area contributed by atoms with Crippen LogP contribution in [-0.2, 0) is 25.4 Å². The number of nitrogens with one attached hydrogen (secondary N) is 1. The molecule has 2 aliphatic rings. The van der Waals surface area contributed by atoms with Crippen LogP contribution in [0.3, 0.4) is 0 Å². The molecule has 222 valence electrons. The van der Waals surface area contributed by atoms with Crippen LogP contribution < -0.4 is 20.4 Å². The molecule has 6 rings (SSSR count). The van der Waals surface area contributed by atoms with E-state index in [0.717, 1.165) is 27.3 Å². The minimum atomic E-state index is -3.74. The van der Waals surface area contributed by atoms with Crippen LogP contribution in [0.15, 0.2) is 109 Å². The van der Waals surface area contributed by atoms with E-state index in [4.69, 9.17) is 37.2 Å². The average molecular weight is 650 g/mol. The van der Waals surface area contributed by atoms with E-state index in [9.17, 15) is 4.57 Å². The van der Waals surface area contributed by atoms with E-state index in [1.165, 1.54) is 0 Å². The van der Waals surface area contributed by atoms with Gasteiger partial charge in [-0.25, -0.2) is 0 Å². The van der Waals surface area contributed by atoms with Gasteiger partial charge in [-0.3, -0.25) is 9.65 Å². The van der Waals surface area contributed by atoms with Crippen LogP contribution in [-0.4, -0.2) is 13.2 Å². The van der Waals surface area contributed by atoms with Crippen molar-refractivity contribution in [2.45, 2.75) is 33.2 Å². The first kappa shape index (κ1) is 30.5. The third kappa shape index (κ3) is 6.34. The molecule has 0 saturated carbocycles. The molecule has 2 aliphatic heterocycles. The molecule has 1 fully saturated rings. The lowest BCUT2D eigenvalue weighted by atomic mass is 9.97. The van der Waals surface area contributed by atoms with E-state index < -0.39 is 13.8 Å². The first-order chi connectivity index (χ1) is 20.6. The summed E-state index contributed by atoms with van der Waals surface area (Å²) < 4.78 is 33.4. The van der Waals surface area contributed by atoms with Crippen LogP contribution in [0, 0.1) is 12.3 Å². The predicted octanol–water partition coefficient (Wildman–Crippen LogP) is 8.74. The standard InChI is InChI=1S/C34H34ClNO4P2S/c1-24-14-16-25(17-15-24)33(42(37)38-22-34(2,3)23-39-42)32-21-30(29-20-26(35)18-19-31(29)40-32)36-41(43,27-10-6-4-7-11-27)28-12-8-5-9-13-28/h4-20,30H,21-23H2,1-3H3,(H,36,43)/b33-32-. The Hall–Kier alpha value is -2.53. The highest BCUT2D eigenvalue weighted by molar-refractivity contribution is 8.20. The fourth-order valence-corrected chi connectivity index (χ4v) is 11.3. The molecule has 9 heteroatoms. The van der Waals surface area contributed by atoms with Crippen molar-refractivity contribution < 1.29 is 18.3 Å². The zero-order chi connectivity index (χ0) is 30.2. The average Bonchev–Trinajstić information content (AvgIpc) is 3.01. The number of hydrogen-bond acceptors (Lipinski definition) is 5. The van der Waals surface area contributed by atoms with Crippen molar-refractivity contribution in [2.75, 3.05) is 13.2 Å². The molecule has 2 heterocycles. The van der Waals surface area contributed by atoms with Crippen LogP contribution >= 0.6 is 25.4 Å². The highest BCUT2D eigenvalue weighted by Crippen LogP contribution is 2.66. The van der Waals surface area contributed by atoms with Gasteiger partial charge in [0.05, 0.1) is 19.4 Å². The van der Waals surface area contributed by atoms with Crippen LogP contribution in [0.1, 0.15) is 43.0 Å². The van der Waals surface area contributed by atoms with E-state index in [0.29, 0.717) is 41.5 Å². The molecule has 1 saturated heterocycles. The highest BCUT2D eigenvalue weighted by Gasteiger charge is 2.44. The molecule has 1 N–H and O–H groups in total. The SMILES string of the molecule is Cc1ccc(/C(=C2\CC(NP(=S)(c3ccccc3)c3ccccc3)c3cc(Cl)ccc3O2)P2(=O)OCC(C)(C)CO2)cc1. The minimum Gasteiger partial charge on any atom is -0.460 e. The Bertz CT molecular complexity index is 1700. The molecule has 1 atom stereocenters. The van der Waals surface area contributed by atoms with Gasteiger partial charge >= 0.3 is 7.60 Å². The Morgan fingerprint density at radius 1 is 0.907 bits per heavy atom. The van der Waals surface area contributed by atoms with Gasteiger partial charge in [0, 0.05) is 39.1 Å². The van der Waals surface area contributed by atoms with E-state index in [1.54, 1.807) is 6.07 Å². The van der Waals surface area contributed by atoms with Gasteiger partial charge in [-0.15, -0.1) is 0 Å². The number of ether oxygens (including phenoxy) is 1. The maximum atomic E-state index is 14.6. The Morgan fingerprint density at radius 3 is 2.07 bits per heavy atom. The molecule has 0 amide bonds. The summed E-state index contributed by atoms with van der Waals surface area (Å²) in [5.74, 6) is 1.15. The summed E-state index contributed by atoms with van der Waals surface area (Å²) >= 11 is 13.1. The molecule has 4 aromatic carbocycles. The van der Waals surface area contributed by atoms with Gasteiger partial charge in [-0.05, 0) is 30.7 Å². The van der Waals surface area contributed by atoms with E-state index in [-0.39, 0.29) is 11.5 Å². The van der Waals surface area contributed by atoms with Crippen molar-refractivity contribution in [3.63, 3.8) is 0 Å². The summed E-state index contributed by atoms with van der Waals surface area (Å²) in [6.45, 7) is 6.71. The fourth-order valence-electron chi connectivity index (χ4n) is 5.32. The van der Waals surface area contributed by atoms with Gasteiger partial charge in [0.1, 0.15) is 16.8 Å². The summed E-state index contributed by atoms with van der Waals surface area (Å²) in [7, 11) is -3.74. The second-order valence-corrected chi connectivity index (χ2v) is 18.3. The van der Waals surface area contributed by atoms with Gasteiger partial charge in [0.2, 0.25) is 0 Å².